The number of rotatable bonds is 6. The van der Waals surface area contributed by atoms with E-state index in [1.165, 1.54) is 42.6 Å². The Morgan fingerprint density at radius 1 is 1.15 bits per heavy atom. The van der Waals surface area contributed by atoms with Gasteiger partial charge in [-0.3, -0.25) is 18.7 Å². The lowest BCUT2D eigenvalue weighted by molar-refractivity contribution is -0.143. The summed E-state index contributed by atoms with van der Waals surface area (Å²) in [6, 6.07) is 13.0. The summed E-state index contributed by atoms with van der Waals surface area (Å²) in [5.41, 5.74) is -0.738. The van der Waals surface area contributed by atoms with Crippen molar-refractivity contribution in [1.29, 1.82) is 5.26 Å². The van der Waals surface area contributed by atoms with Crippen molar-refractivity contribution in [3.8, 4) is 6.07 Å². The van der Waals surface area contributed by atoms with Crippen molar-refractivity contribution in [2.75, 3.05) is 0 Å². The first-order valence-electron chi connectivity index (χ1n) is 10.3. The smallest absolute Gasteiger partial charge is 0.260 e. The van der Waals surface area contributed by atoms with Gasteiger partial charge in [-0.05, 0) is 42.7 Å². The van der Waals surface area contributed by atoms with Gasteiger partial charge in [-0.1, -0.05) is 47.5 Å². The van der Waals surface area contributed by atoms with E-state index >= 15 is 0 Å². The van der Waals surface area contributed by atoms with E-state index in [9.17, 15) is 29.1 Å². The lowest BCUT2D eigenvalue weighted by atomic mass is 10.1. The van der Waals surface area contributed by atoms with Crippen LogP contribution >= 0.6 is 33.8 Å². The third-order valence-corrected chi connectivity index (χ3v) is 8.49. The number of nitrogens with zero attached hydrogens (tertiary/aromatic N) is 2. The summed E-state index contributed by atoms with van der Waals surface area (Å²) in [5, 5.41) is 23.2. The molecule has 4 N–H and O–H groups in total. The normalized spacial score (nSPS) is 20.2. The Kier molecular flexibility index (Phi) is 6.66. The number of nitriles is 1. The number of aliphatic hydroxyl groups is 1. The first kappa shape index (κ1) is 24.5. The molecule has 11 heteroatoms. The predicted octanol–water partition coefficient (Wildman–Crippen LogP) is 4.45. The standard InChI is InChI=1S/C23H21Cl2N3O5S/c24-15-7-5-14(6-8-15)20(29)22(31)28-12-16(34(32,33)19-4-2-1-3-17(19)25)11-18(28)21(30)27-23(13-26)9-10-23/h1-8,12,18,20,29,32-33H,9-11H2,(H,27,30). The maximum Gasteiger partial charge on any atom is 0.260 e. The lowest BCUT2D eigenvalue weighted by Crippen LogP contribution is -2.49. The quantitative estimate of drug-likeness (QED) is 0.443. The Labute approximate surface area is 207 Å². The summed E-state index contributed by atoms with van der Waals surface area (Å²) in [6.07, 6.45) is 0.309. The topological polar surface area (TPSA) is 134 Å². The van der Waals surface area contributed by atoms with Gasteiger partial charge in [0.1, 0.15) is 11.6 Å². The van der Waals surface area contributed by atoms with Crippen LogP contribution in [0.5, 0.6) is 0 Å². The third-order valence-electron chi connectivity index (χ3n) is 5.83. The fourth-order valence-electron chi connectivity index (χ4n) is 3.67. The number of benzene rings is 2. The SMILES string of the molecule is N#CC1(NC(=O)C2CC(S(O)(O)c3ccccc3Cl)=CN2C(=O)C(O)c2ccc(Cl)cc2)CC1. The van der Waals surface area contributed by atoms with Crippen molar-refractivity contribution in [2.24, 2.45) is 0 Å². The van der Waals surface area contributed by atoms with E-state index in [0.29, 0.717) is 17.9 Å². The van der Waals surface area contributed by atoms with Crippen LogP contribution < -0.4 is 5.32 Å². The van der Waals surface area contributed by atoms with Gasteiger partial charge in [-0.25, -0.2) is 0 Å². The molecule has 178 valence electrons. The molecule has 0 aromatic heterocycles. The number of amides is 2. The van der Waals surface area contributed by atoms with Crippen molar-refractivity contribution in [3.05, 3.63) is 75.2 Å². The van der Waals surface area contributed by atoms with Gasteiger partial charge < -0.3 is 15.3 Å². The van der Waals surface area contributed by atoms with Crippen LogP contribution in [0.4, 0.5) is 0 Å². The van der Waals surface area contributed by atoms with E-state index in [1.54, 1.807) is 12.1 Å². The average Bonchev–Trinajstić information content (AvgIpc) is 3.43. The highest BCUT2D eigenvalue weighted by Gasteiger charge is 2.48. The molecule has 0 bridgehead atoms. The molecule has 1 fully saturated rings. The van der Waals surface area contributed by atoms with Crippen LogP contribution in [-0.4, -0.2) is 42.5 Å². The molecule has 2 aromatic carbocycles. The number of aliphatic hydroxyl groups excluding tert-OH is 1. The number of halogens is 2. The second kappa shape index (κ2) is 9.23. The molecular weight excluding hydrogens is 501 g/mol. The molecule has 2 atom stereocenters. The molecule has 0 saturated heterocycles. The molecule has 1 saturated carbocycles. The van der Waals surface area contributed by atoms with Crippen molar-refractivity contribution in [2.45, 2.75) is 41.8 Å². The second-order valence-electron chi connectivity index (χ2n) is 8.18. The van der Waals surface area contributed by atoms with Gasteiger partial charge in [0.2, 0.25) is 5.91 Å². The van der Waals surface area contributed by atoms with E-state index in [1.807, 2.05) is 0 Å². The summed E-state index contributed by atoms with van der Waals surface area (Å²) >= 11 is 12.0. The summed E-state index contributed by atoms with van der Waals surface area (Å²) in [7, 11) is -3.64. The first-order chi connectivity index (χ1) is 16.1. The van der Waals surface area contributed by atoms with E-state index in [2.05, 4.69) is 11.4 Å². The van der Waals surface area contributed by atoms with Gasteiger partial charge in [0.25, 0.3) is 5.91 Å². The number of hydrogen-bond donors (Lipinski definition) is 4. The number of carbonyl (C=O) groups is 2. The highest BCUT2D eigenvalue weighted by atomic mass is 35.5. The number of hydrogen-bond acceptors (Lipinski definition) is 6. The summed E-state index contributed by atoms with van der Waals surface area (Å²) in [6.45, 7) is 0. The zero-order valence-electron chi connectivity index (χ0n) is 17.7. The third kappa shape index (κ3) is 4.66. The molecule has 4 rings (SSSR count). The summed E-state index contributed by atoms with van der Waals surface area (Å²) < 4.78 is 22.1. The highest BCUT2D eigenvalue weighted by Crippen LogP contribution is 2.60. The van der Waals surface area contributed by atoms with Crippen LogP contribution in [0.2, 0.25) is 10.0 Å². The summed E-state index contributed by atoms with van der Waals surface area (Å²) in [4.78, 5) is 27.4. The van der Waals surface area contributed by atoms with Crippen LogP contribution in [0.1, 0.15) is 30.9 Å². The van der Waals surface area contributed by atoms with Gasteiger partial charge in [0.05, 0.1) is 20.9 Å². The van der Waals surface area contributed by atoms with Gasteiger partial charge >= 0.3 is 0 Å². The Morgan fingerprint density at radius 2 is 1.79 bits per heavy atom. The van der Waals surface area contributed by atoms with E-state index < -0.39 is 40.1 Å². The Hall–Kier alpha value is -2.58. The zero-order valence-corrected chi connectivity index (χ0v) is 20.0. The molecule has 0 radical (unpaired) electrons. The van der Waals surface area contributed by atoms with Gasteiger partial charge in [-0.2, -0.15) is 5.26 Å². The van der Waals surface area contributed by atoms with E-state index in [0.717, 1.165) is 4.90 Å². The molecule has 1 aliphatic carbocycles. The minimum atomic E-state index is -3.64. The molecule has 2 aromatic rings. The number of carbonyl (C=O) groups excluding carboxylic acids is 2. The Morgan fingerprint density at radius 3 is 2.38 bits per heavy atom. The zero-order chi connectivity index (χ0) is 24.7. The Bertz CT molecular complexity index is 1210. The maximum atomic E-state index is 13.2. The number of nitrogens with one attached hydrogen (secondary N) is 1. The van der Waals surface area contributed by atoms with Crippen LogP contribution in [0, 0.1) is 11.3 Å². The monoisotopic (exact) mass is 521 g/mol. The van der Waals surface area contributed by atoms with Gasteiger partial charge in [0, 0.05) is 17.6 Å². The fourth-order valence-corrected chi connectivity index (χ4v) is 5.79. The largest absolute Gasteiger partial charge is 0.378 e. The van der Waals surface area contributed by atoms with Crippen LogP contribution in [-0.2, 0) is 9.59 Å². The van der Waals surface area contributed by atoms with Crippen molar-refractivity contribution in [1.82, 2.24) is 10.2 Å². The van der Waals surface area contributed by atoms with Crippen molar-refractivity contribution >= 4 is 45.6 Å². The second-order valence-corrected chi connectivity index (χ2v) is 11.1. The average molecular weight is 522 g/mol. The molecule has 1 aliphatic heterocycles. The first-order valence-corrected chi connectivity index (χ1v) is 12.6. The van der Waals surface area contributed by atoms with Crippen LogP contribution in [0.25, 0.3) is 0 Å². The van der Waals surface area contributed by atoms with E-state index in [-0.39, 0.29) is 26.8 Å². The molecule has 8 nitrogen and oxygen atoms in total. The molecular formula is C23H21Cl2N3O5S. The minimum absolute atomic E-state index is 0.0132. The molecule has 1 heterocycles. The summed E-state index contributed by atoms with van der Waals surface area (Å²) in [5.74, 6) is -1.47. The fraction of sp³-hybridized carbons (Fsp3) is 0.261. The minimum Gasteiger partial charge on any atom is -0.378 e. The van der Waals surface area contributed by atoms with Crippen LogP contribution in [0.15, 0.2) is 64.5 Å². The molecule has 2 amide bonds. The molecule has 34 heavy (non-hydrogen) atoms. The Balaban J connectivity index is 1.68. The predicted molar refractivity (Wildman–Crippen MR) is 128 cm³/mol. The molecule has 2 unspecified atom stereocenters. The molecule has 0 spiro atoms. The van der Waals surface area contributed by atoms with Crippen LogP contribution in [0.3, 0.4) is 0 Å². The highest BCUT2D eigenvalue weighted by molar-refractivity contribution is 8.27. The lowest BCUT2D eigenvalue weighted by Gasteiger charge is -2.34. The van der Waals surface area contributed by atoms with Gasteiger partial charge in [-0.15, -0.1) is 10.6 Å². The van der Waals surface area contributed by atoms with Crippen molar-refractivity contribution in [3.63, 3.8) is 0 Å². The van der Waals surface area contributed by atoms with E-state index in [4.69, 9.17) is 23.2 Å². The maximum absolute atomic E-state index is 13.2. The van der Waals surface area contributed by atoms with Gasteiger partial charge in [0.15, 0.2) is 6.10 Å². The van der Waals surface area contributed by atoms with Crippen molar-refractivity contribution < 1.29 is 23.8 Å². The molecule has 2 aliphatic rings.